The Morgan fingerprint density at radius 1 is 1.33 bits per heavy atom. The van der Waals surface area contributed by atoms with Crippen molar-refractivity contribution in [2.24, 2.45) is 4.99 Å². The lowest BCUT2D eigenvalue weighted by molar-refractivity contribution is 1.37. The lowest BCUT2D eigenvalue weighted by atomic mass is 10.1. The van der Waals surface area contributed by atoms with Gasteiger partial charge in [0.25, 0.3) is 0 Å². The van der Waals surface area contributed by atoms with Gasteiger partial charge in [-0.3, -0.25) is 4.99 Å². The summed E-state index contributed by atoms with van der Waals surface area (Å²) in [5.74, 6) is 0. The fourth-order valence-electron chi connectivity index (χ4n) is 1.27. The Kier molecular flexibility index (Phi) is 7.00. The van der Waals surface area contributed by atoms with Crippen molar-refractivity contribution >= 4 is 46.6 Å². The maximum absolute atomic E-state index is 4.13. The fourth-order valence-corrected chi connectivity index (χ4v) is 1.66. The molecule has 4 heteroatoms. The normalized spacial score (nSPS) is 10.8. The standard InChI is InChI=1S/C11H16N2S.HI/c1-8-5-6-10(9(2)7-8)13-11(12-3)14-4;/h5-7H,1-4H3,(H,12,13);1H. The number of halogens is 1. The molecule has 0 atom stereocenters. The molecule has 1 aromatic rings. The Morgan fingerprint density at radius 3 is 2.47 bits per heavy atom. The maximum atomic E-state index is 4.13. The van der Waals surface area contributed by atoms with E-state index in [0.29, 0.717) is 0 Å². The molecular formula is C11H17IN2S. The topological polar surface area (TPSA) is 24.4 Å². The number of thioether (sulfide) groups is 1. The Labute approximate surface area is 113 Å². The molecule has 84 valence electrons. The average molecular weight is 336 g/mol. The van der Waals surface area contributed by atoms with Crippen molar-refractivity contribution in [1.29, 1.82) is 0 Å². The number of amidine groups is 1. The second kappa shape index (κ2) is 7.11. The largest absolute Gasteiger partial charge is 0.335 e. The van der Waals surface area contributed by atoms with E-state index in [1.54, 1.807) is 18.8 Å². The first-order valence-electron chi connectivity index (χ1n) is 4.52. The minimum absolute atomic E-state index is 0. The zero-order valence-electron chi connectivity index (χ0n) is 9.50. The van der Waals surface area contributed by atoms with Gasteiger partial charge < -0.3 is 5.32 Å². The molecule has 0 heterocycles. The highest BCUT2D eigenvalue weighted by molar-refractivity contribution is 14.0. The first kappa shape index (κ1) is 14.8. The molecule has 0 fully saturated rings. The molecule has 0 aromatic heterocycles. The number of hydrogen-bond acceptors (Lipinski definition) is 2. The third-order valence-corrected chi connectivity index (χ3v) is 2.69. The van der Waals surface area contributed by atoms with Crippen molar-refractivity contribution in [3.63, 3.8) is 0 Å². The molecule has 0 aliphatic carbocycles. The summed E-state index contributed by atoms with van der Waals surface area (Å²) in [6, 6.07) is 6.35. The molecule has 0 spiro atoms. The molecule has 15 heavy (non-hydrogen) atoms. The zero-order valence-corrected chi connectivity index (χ0v) is 12.6. The van der Waals surface area contributed by atoms with Crippen LogP contribution in [0.1, 0.15) is 11.1 Å². The summed E-state index contributed by atoms with van der Waals surface area (Å²) in [5.41, 5.74) is 3.66. The number of anilines is 1. The summed E-state index contributed by atoms with van der Waals surface area (Å²) >= 11 is 1.62. The van der Waals surface area contributed by atoms with Crippen molar-refractivity contribution in [3.05, 3.63) is 29.3 Å². The van der Waals surface area contributed by atoms with E-state index in [4.69, 9.17) is 0 Å². The van der Waals surface area contributed by atoms with Gasteiger partial charge in [0, 0.05) is 12.7 Å². The van der Waals surface area contributed by atoms with Gasteiger partial charge in [0.05, 0.1) is 0 Å². The number of rotatable bonds is 1. The minimum atomic E-state index is 0. The van der Waals surface area contributed by atoms with Crippen LogP contribution in [0.3, 0.4) is 0 Å². The number of hydrogen-bond donors (Lipinski definition) is 1. The van der Waals surface area contributed by atoms with E-state index in [9.17, 15) is 0 Å². The second-order valence-electron chi connectivity index (χ2n) is 3.18. The Hall–Kier alpha value is -0.230. The van der Waals surface area contributed by atoms with Crippen LogP contribution in [0, 0.1) is 13.8 Å². The summed E-state index contributed by atoms with van der Waals surface area (Å²) < 4.78 is 0. The summed E-state index contributed by atoms with van der Waals surface area (Å²) in [4.78, 5) is 4.13. The van der Waals surface area contributed by atoms with Crippen LogP contribution >= 0.6 is 35.7 Å². The van der Waals surface area contributed by atoms with Gasteiger partial charge in [-0.2, -0.15) is 0 Å². The average Bonchev–Trinajstić information content (AvgIpc) is 2.17. The number of nitrogens with zero attached hydrogens (tertiary/aromatic N) is 1. The molecular weight excluding hydrogens is 319 g/mol. The Bertz CT molecular complexity index is 350. The van der Waals surface area contributed by atoms with E-state index in [1.807, 2.05) is 6.26 Å². The molecule has 0 radical (unpaired) electrons. The molecule has 0 aliphatic rings. The van der Waals surface area contributed by atoms with Crippen LogP contribution in [0.2, 0.25) is 0 Å². The van der Waals surface area contributed by atoms with Gasteiger partial charge in [-0.05, 0) is 31.7 Å². The third-order valence-electron chi connectivity index (χ3n) is 2.02. The van der Waals surface area contributed by atoms with Crippen LogP contribution < -0.4 is 5.32 Å². The van der Waals surface area contributed by atoms with Gasteiger partial charge >= 0.3 is 0 Å². The van der Waals surface area contributed by atoms with Gasteiger partial charge in [0.15, 0.2) is 5.17 Å². The van der Waals surface area contributed by atoms with Crippen molar-refractivity contribution in [1.82, 2.24) is 0 Å². The lowest BCUT2D eigenvalue weighted by Crippen LogP contribution is -2.07. The summed E-state index contributed by atoms with van der Waals surface area (Å²) in [6.07, 6.45) is 2.01. The number of benzene rings is 1. The Balaban J connectivity index is 0.00000196. The third kappa shape index (κ3) is 4.42. The molecule has 0 amide bonds. The van der Waals surface area contributed by atoms with Crippen LogP contribution in [-0.4, -0.2) is 18.5 Å². The summed E-state index contributed by atoms with van der Waals surface area (Å²) in [6.45, 7) is 4.20. The van der Waals surface area contributed by atoms with Crippen LogP contribution in [0.4, 0.5) is 5.69 Å². The summed E-state index contributed by atoms with van der Waals surface area (Å²) in [5, 5.41) is 4.23. The highest BCUT2D eigenvalue weighted by Gasteiger charge is 2.00. The van der Waals surface area contributed by atoms with E-state index in [2.05, 4.69) is 42.4 Å². The molecule has 0 saturated heterocycles. The van der Waals surface area contributed by atoms with Gasteiger partial charge in [0.2, 0.25) is 0 Å². The molecule has 0 saturated carbocycles. The van der Waals surface area contributed by atoms with E-state index in [1.165, 1.54) is 11.1 Å². The van der Waals surface area contributed by atoms with Crippen molar-refractivity contribution < 1.29 is 0 Å². The fraction of sp³-hybridized carbons (Fsp3) is 0.364. The summed E-state index contributed by atoms with van der Waals surface area (Å²) in [7, 11) is 1.79. The first-order chi connectivity index (χ1) is 6.67. The predicted molar refractivity (Wildman–Crippen MR) is 81.8 cm³/mol. The van der Waals surface area contributed by atoms with Crippen LogP contribution in [0.15, 0.2) is 23.2 Å². The molecule has 0 aliphatic heterocycles. The van der Waals surface area contributed by atoms with Crippen LogP contribution in [-0.2, 0) is 0 Å². The quantitative estimate of drug-likeness (QED) is 0.481. The minimum Gasteiger partial charge on any atom is -0.335 e. The highest BCUT2D eigenvalue weighted by Crippen LogP contribution is 2.17. The van der Waals surface area contributed by atoms with Gasteiger partial charge in [-0.25, -0.2) is 0 Å². The molecule has 1 N–H and O–H groups in total. The highest BCUT2D eigenvalue weighted by atomic mass is 127. The van der Waals surface area contributed by atoms with E-state index in [0.717, 1.165) is 10.9 Å². The number of aliphatic imine (C=N–C) groups is 1. The lowest BCUT2D eigenvalue weighted by Gasteiger charge is -2.10. The smallest absolute Gasteiger partial charge is 0.160 e. The number of nitrogens with one attached hydrogen (secondary N) is 1. The van der Waals surface area contributed by atoms with E-state index < -0.39 is 0 Å². The van der Waals surface area contributed by atoms with Crippen LogP contribution in [0.5, 0.6) is 0 Å². The molecule has 0 unspecified atom stereocenters. The molecule has 1 aromatic carbocycles. The van der Waals surface area contributed by atoms with Crippen molar-refractivity contribution in [2.45, 2.75) is 13.8 Å². The number of aryl methyl sites for hydroxylation is 2. The van der Waals surface area contributed by atoms with Gasteiger partial charge in [-0.1, -0.05) is 29.5 Å². The monoisotopic (exact) mass is 336 g/mol. The van der Waals surface area contributed by atoms with Crippen molar-refractivity contribution in [3.8, 4) is 0 Å². The molecule has 2 nitrogen and oxygen atoms in total. The Morgan fingerprint density at radius 2 is 2.00 bits per heavy atom. The zero-order chi connectivity index (χ0) is 10.6. The second-order valence-corrected chi connectivity index (χ2v) is 3.97. The maximum Gasteiger partial charge on any atom is 0.160 e. The van der Waals surface area contributed by atoms with Crippen molar-refractivity contribution in [2.75, 3.05) is 18.6 Å². The molecule has 1 rings (SSSR count). The predicted octanol–water partition coefficient (Wildman–Crippen LogP) is 3.68. The SMILES string of the molecule is CN=C(Nc1ccc(C)cc1C)SC.I. The van der Waals surface area contributed by atoms with E-state index >= 15 is 0 Å². The van der Waals surface area contributed by atoms with E-state index in [-0.39, 0.29) is 24.0 Å². The molecule has 0 bridgehead atoms. The first-order valence-corrected chi connectivity index (χ1v) is 5.75. The van der Waals surface area contributed by atoms with Crippen LogP contribution in [0.25, 0.3) is 0 Å². The van der Waals surface area contributed by atoms with Gasteiger partial charge in [0.1, 0.15) is 0 Å². The van der Waals surface area contributed by atoms with Gasteiger partial charge in [-0.15, -0.1) is 24.0 Å².